The van der Waals surface area contributed by atoms with Crippen molar-refractivity contribution in [3.8, 4) is 5.75 Å². The summed E-state index contributed by atoms with van der Waals surface area (Å²) < 4.78 is 43.8. The summed E-state index contributed by atoms with van der Waals surface area (Å²) in [5.41, 5.74) is 4.22. The van der Waals surface area contributed by atoms with E-state index in [0.29, 0.717) is 0 Å². The van der Waals surface area contributed by atoms with Gasteiger partial charge in [-0.25, -0.2) is 0 Å². The van der Waals surface area contributed by atoms with Crippen LogP contribution in [0.25, 0.3) is 0 Å². The second kappa shape index (κ2) is 5.70. The summed E-state index contributed by atoms with van der Waals surface area (Å²) in [5, 5.41) is 2.64. The molecule has 1 aliphatic rings. The maximum Gasteiger partial charge on any atom is 0.419 e. The Hall–Kier alpha value is -1.76. The van der Waals surface area contributed by atoms with Crippen molar-refractivity contribution in [3.05, 3.63) is 29.3 Å². The van der Waals surface area contributed by atoms with Gasteiger partial charge in [-0.15, -0.1) is 0 Å². The second-order valence-corrected chi connectivity index (χ2v) is 4.59. The molecule has 1 amide bonds. The van der Waals surface area contributed by atoms with Gasteiger partial charge >= 0.3 is 6.18 Å². The summed E-state index contributed by atoms with van der Waals surface area (Å²) in [6.07, 6.45) is -2.84. The number of rotatable bonds is 5. The van der Waals surface area contributed by atoms with E-state index in [1.807, 2.05) is 0 Å². The minimum Gasteiger partial charge on any atom is -0.492 e. The molecule has 0 saturated heterocycles. The lowest BCUT2D eigenvalue weighted by atomic mass is 10.1. The molecule has 1 aromatic rings. The molecule has 0 unspecified atom stereocenters. The third kappa shape index (κ3) is 3.63. The van der Waals surface area contributed by atoms with Crippen LogP contribution in [-0.2, 0) is 6.18 Å². The zero-order valence-electron chi connectivity index (χ0n) is 10.7. The minimum atomic E-state index is -4.58. The van der Waals surface area contributed by atoms with Gasteiger partial charge in [0, 0.05) is 18.2 Å². The van der Waals surface area contributed by atoms with Crippen molar-refractivity contribution < 1.29 is 22.7 Å². The highest BCUT2D eigenvalue weighted by atomic mass is 19.4. The SMILES string of the molecule is NCCOc1ccc(C(=O)NC2CC2)cc1C(F)(F)F. The van der Waals surface area contributed by atoms with Crippen LogP contribution in [0, 0.1) is 0 Å². The van der Waals surface area contributed by atoms with E-state index in [1.54, 1.807) is 0 Å². The fourth-order valence-corrected chi connectivity index (χ4v) is 1.68. The van der Waals surface area contributed by atoms with Crippen molar-refractivity contribution in [1.82, 2.24) is 5.32 Å². The summed E-state index contributed by atoms with van der Waals surface area (Å²) in [6, 6.07) is 3.37. The zero-order chi connectivity index (χ0) is 14.8. The second-order valence-electron chi connectivity index (χ2n) is 4.59. The van der Waals surface area contributed by atoms with E-state index >= 15 is 0 Å². The smallest absolute Gasteiger partial charge is 0.419 e. The molecule has 4 nitrogen and oxygen atoms in total. The van der Waals surface area contributed by atoms with Gasteiger partial charge in [-0.05, 0) is 31.0 Å². The van der Waals surface area contributed by atoms with Gasteiger partial charge in [0.15, 0.2) is 0 Å². The number of alkyl halides is 3. The minimum absolute atomic E-state index is 0.0172. The maximum absolute atomic E-state index is 13.0. The topological polar surface area (TPSA) is 64.3 Å². The first-order valence-corrected chi connectivity index (χ1v) is 6.27. The molecule has 0 bridgehead atoms. The van der Waals surface area contributed by atoms with Crippen LogP contribution in [0.15, 0.2) is 18.2 Å². The van der Waals surface area contributed by atoms with E-state index in [4.69, 9.17) is 10.5 Å². The van der Waals surface area contributed by atoms with Crippen LogP contribution in [-0.4, -0.2) is 25.1 Å². The van der Waals surface area contributed by atoms with E-state index in [0.717, 1.165) is 25.0 Å². The molecule has 20 heavy (non-hydrogen) atoms. The van der Waals surface area contributed by atoms with Gasteiger partial charge in [0.1, 0.15) is 12.4 Å². The Morgan fingerprint density at radius 1 is 1.40 bits per heavy atom. The van der Waals surface area contributed by atoms with Gasteiger partial charge in [0.25, 0.3) is 5.91 Å². The monoisotopic (exact) mass is 288 g/mol. The molecule has 0 aromatic heterocycles. The van der Waals surface area contributed by atoms with Gasteiger partial charge in [0.2, 0.25) is 0 Å². The van der Waals surface area contributed by atoms with Crippen LogP contribution in [0.5, 0.6) is 5.75 Å². The van der Waals surface area contributed by atoms with Crippen LogP contribution in [0.1, 0.15) is 28.8 Å². The number of amides is 1. The van der Waals surface area contributed by atoms with Crippen molar-refractivity contribution in [3.63, 3.8) is 0 Å². The van der Waals surface area contributed by atoms with E-state index in [1.165, 1.54) is 6.07 Å². The summed E-state index contributed by atoms with van der Waals surface area (Å²) in [6.45, 7) is 0.0952. The van der Waals surface area contributed by atoms with Crippen molar-refractivity contribution >= 4 is 5.91 Å². The lowest BCUT2D eigenvalue weighted by Gasteiger charge is -2.15. The molecular formula is C13H15F3N2O2. The Kier molecular flexibility index (Phi) is 4.17. The van der Waals surface area contributed by atoms with Gasteiger partial charge in [-0.3, -0.25) is 4.79 Å². The number of benzene rings is 1. The molecule has 1 aliphatic carbocycles. The van der Waals surface area contributed by atoms with E-state index < -0.39 is 17.6 Å². The molecule has 0 aliphatic heterocycles. The number of hydrogen-bond donors (Lipinski definition) is 2. The molecule has 1 fully saturated rings. The van der Waals surface area contributed by atoms with Crippen LogP contribution in [0.2, 0.25) is 0 Å². The number of carbonyl (C=O) groups is 1. The van der Waals surface area contributed by atoms with Gasteiger partial charge in [-0.2, -0.15) is 13.2 Å². The Balaban J connectivity index is 2.24. The summed E-state index contributed by atoms with van der Waals surface area (Å²) in [4.78, 5) is 11.8. The Labute approximate surface area is 114 Å². The number of ether oxygens (including phenoxy) is 1. The van der Waals surface area contributed by atoms with Gasteiger partial charge in [0.05, 0.1) is 5.56 Å². The van der Waals surface area contributed by atoms with Crippen molar-refractivity contribution in [1.29, 1.82) is 0 Å². The van der Waals surface area contributed by atoms with Gasteiger partial charge in [-0.1, -0.05) is 0 Å². The average Bonchev–Trinajstić information content (AvgIpc) is 3.19. The van der Waals surface area contributed by atoms with E-state index in [2.05, 4.69) is 5.32 Å². The fraction of sp³-hybridized carbons (Fsp3) is 0.462. The first kappa shape index (κ1) is 14.6. The average molecular weight is 288 g/mol. The highest BCUT2D eigenvalue weighted by Gasteiger charge is 2.35. The molecule has 2 rings (SSSR count). The molecular weight excluding hydrogens is 273 g/mol. The lowest BCUT2D eigenvalue weighted by Crippen LogP contribution is -2.26. The predicted octanol–water partition coefficient (Wildman–Crippen LogP) is 1.94. The molecule has 0 atom stereocenters. The normalized spacial score (nSPS) is 15.0. The largest absolute Gasteiger partial charge is 0.492 e. The number of hydrogen-bond acceptors (Lipinski definition) is 3. The van der Waals surface area contributed by atoms with Crippen molar-refractivity contribution in [2.45, 2.75) is 25.1 Å². The molecule has 110 valence electrons. The number of nitrogens with two attached hydrogens (primary N) is 1. The molecule has 0 heterocycles. The Morgan fingerprint density at radius 2 is 2.10 bits per heavy atom. The Morgan fingerprint density at radius 3 is 2.65 bits per heavy atom. The zero-order valence-corrected chi connectivity index (χ0v) is 10.7. The molecule has 0 spiro atoms. The Bertz CT molecular complexity index is 499. The third-order valence-corrected chi connectivity index (χ3v) is 2.84. The summed E-state index contributed by atoms with van der Waals surface area (Å²) in [7, 11) is 0. The molecule has 0 radical (unpaired) electrons. The number of carbonyl (C=O) groups excluding carboxylic acids is 1. The molecule has 7 heteroatoms. The number of halogens is 3. The van der Waals surface area contributed by atoms with Crippen LogP contribution in [0.3, 0.4) is 0 Å². The summed E-state index contributed by atoms with van der Waals surface area (Å²) in [5.74, 6) is -0.811. The van der Waals surface area contributed by atoms with Crippen LogP contribution >= 0.6 is 0 Å². The van der Waals surface area contributed by atoms with E-state index in [-0.39, 0.29) is 30.5 Å². The van der Waals surface area contributed by atoms with E-state index in [9.17, 15) is 18.0 Å². The first-order valence-electron chi connectivity index (χ1n) is 6.27. The molecule has 3 N–H and O–H groups in total. The van der Waals surface area contributed by atoms with Crippen LogP contribution < -0.4 is 15.8 Å². The van der Waals surface area contributed by atoms with Gasteiger partial charge < -0.3 is 15.8 Å². The highest BCUT2D eigenvalue weighted by molar-refractivity contribution is 5.95. The standard InChI is InChI=1S/C13H15F3N2O2/c14-13(15,16)10-7-8(12(19)18-9-2-3-9)1-4-11(10)20-6-5-17/h1,4,7,9H,2-3,5-6,17H2,(H,18,19). The molecule has 1 aromatic carbocycles. The third-order valence-electron chi connectivity index (χ3n) is 2.84. The highest BCUT2D eigenvalue weighted by Crippen LogP contribution is 2.37. The quantitative estimate of drug-likeness (QED) is 0.870. The predicted molar refractivity (Wildman–Crippen MR) is 66.5 cm³/mol. The maximum atomic E-state index is 13.0. The first-order chi connectivity index (χ1) is 9.41. The summed E-state index contributed by atoms with van der Waals surface area (Å²) >= 11 is 0. The van der Waals surface area contributed by atoms with Crippen molar-refractivity contribution in [2.75, 3.05) is 13.2 Å². The van der Waals surface area contributed by atoms with Crippen molar-refractivity contribution in [2.24, 2.45) is 5.73 Å². The van der Waals surface area contributed by atoms with Crippen LogP contribution in [0.4, 0.5) is 13.2 Å². The fourth-order valence-electron chi connectivity index (χ4n) is 1.68. The number of nitrogens with one attached hydrogen (secondary N) is 1. The lowest BCUT2D eigenvalue weighted by molar-refractivity contribution is -0.138. The molecule has 1 saturated carbocycles.